The van der Waals surface area contributed by atoms with Crippen molar-refractivity contribution in [3.63, 3.8) is 0 Å². The van der Waals surface area contributed by atoms with Crippen molar-refractivity contribution in [1.82, 2.24) is 0 Å². The van der Waals surface area contributed by atoms with E-state index in [1.54, 1.807) is 31.2 Å². The standard InChI is InChI=1S/C18H17NO3/c1-13(16-6-4-3-5-7-16)22-18(20)14(2)21-17-10-8-15(12-19)9-11-17/h3-11,13-14H,1-2H3/t13-,14+/m1/s1. The number of ether oxygens (including phenoxy) is 2. The van der Waals surface area contributed by atoms with Crippen molar-refractivity contribution in [3.05, 3.63) is 65.7 Å². The van der Waals surface area contributed by atoms with E-state index in [2.05, 4.69) is 0 Å². The molecular weight excluding hydrogens is 278 g/mol. The number of carbonyl (C=O) groups is 1. The predicted octanol–water partition coefficient (Wildman–Crippen LogP) is 3.63. The quantitative estimate of drug-likeness (QED) is 0.790. The highest BCUT2D eigenvalue weighted by atomic mass is 16.6. The minimum atomic E-state index is -0.723. The molecule has 0 saturated heterocycles. The highest BCUT2D eigenvalue weighted by Crippen LogP contribution is 2.19. The SMILES string of the molecule is C[C@H](Oc1ccc(C#N)cc1)C(=O)O[C@H](C)c1ccccc1. The Balaban J connectivity index is 1.93. The van der Waals surface area contributed by atoms with E-state index in [-0.39, 0.29) is 6.10 Å². The number of esters is 1. The second kappa shape index (κ2) is 7.28. The Morgan fingerprint density at radius 3 is 2.27 bits per heavy atom. The first-order valence-electron chi connectivity index (χ1n) is 7.02. The number of benzene rings is 2. The number of hydrogen-bond donors (Lipinski definition) is 0. The largest absolute Gasteiger partial charge is 0.479 e. The molecule has 0 N–H and O–H groups in total. The van der Waals surface area contributed by atoms with Gasteiger partial charge in [0.25, 0.3) is 0 Å². The number of nitrogens with zero attached hydrogens (tertiary/aromatic N) is 1. The van der Waals surface area contributed by atoms with Gasteiger partial charge in [0, 0.05) is 0 Å². The fourth-order valence-electron chi connectivity index (χ4n) is 1.92. The third-order valence-electron chi connectivity index (χ3n) is 3.19. The highest BCUT2D eigenvalue weighted by Gasteiger charge is 2.19. The van der Waals surface area contributed by atoms with Crippen LogP contribution in [0.1, 0.15) is 31.1 Å². The molecule has 0 unspecified atom stereocenters. The lowest BCUT2D eigenvalue weighted by Crippen LogP contribution is -2.27. The maximum Gasteiger partial charge on any atom is 0.347 e. The van der Waals surface area contributed by atoms with Crippen molar-refractivity contribution < 1.29 is 14.3 Å². The van der Waals surface area contributed by atoms with Gasteiger partial charge < -0.3 is 9.47 Å². The molecule has 2 rings (SSSR count). The molecule has 2 aromatic rings. The van der Waals surface area contributed by atoms with E-state index >= 15 is 0 Å². The van der Waals surface area contributed by atoms with Crippen molar-refractivity contribution >= 4 is 5.97 Å². The van der Waals surface area contributed by atoms with E-state index in [0.717, 1.165) is 5.56 Å². The van der Waals surface area contributed by atoms with Crippen LogP contribution in [-0.4, -0.2) is 12.1 Å². The van der Waals surface area contributed by atoms with Crippen molar-refractivity contribution in [3.8, 4) is 11.8 Å². The highest BCUT2D eigenvalue weighted by molar-refractivity contribution is 5.75. The smallest absolute Gasteiger partial charge is 0.347 e. The van der Waals surface area contributed by atoms with Crippen LogP contribution in [-0.2, 0) is 9.53 Å². The number of nitriles is 1. The van der Waals surface area contributed by atoms with Crippen LogP contribution in [0.3, 0.4) is 0 Å². The lowest BCUT2D eigenvalue weighted by molar-refractivity contribution is -0.156. The first kappa shape index (κ1) is 15.6. The third-order valence-corrected chi connectivity index (χ3v) is 3.19. The average molecular weight is 295 g/mol. The minimum Gasteiger partial charge on any atom is -0.479 e. The van der Waals surface area contributed by atoms with Gasteiger partial charge in [-0.2, -0.15) is 5.26 Å². The summed E-state index contributed by atoms with van der Waals surface area (Å²) in [5, 5.41) is 8.74. The third kappa shape index (κ3) is 4.10. The molecule has 0 amide bonds. The lowest BCUT2D eigenvalue weighted by atomic mass is 10.1. The molecule has 0 heterocycles. The molecule has 0 bridgehead atoms. The van der Waals surface area contributed by atoms with Crippen LogP contribution in [0.25, 0.3) is 0 Å². The monoisotopic (exact) mass is 295 g/mol. The number of rotatable bonds is 5. The summed E-state index contributed by atoms with van der Waals surface area (Å²) in [5.41, 5.74) is 1.47. The van der Waals surface area contributed by atoms with E-state index < -0.39 is 12.1 Å². The number of carbonyl (C=O) groups excluding carboxylic acids is 1. The maximum atomic E-state index is 12.1. The van der Waals surface area contributed by atoms with E-state index in [4.69, 9.17) is 14.7 Å². The topological polar surface area (TPSA) is 59.3 Å². The van der Waals surface area contributed by atoms with Crippen LogP contribution in [0.15, 0.2) is 54.6 Å². The van der Waals surface area contributed by atoms with Gasteiger partial charge in [-0.05, 0) is 43.7 Å². The predicted molar refractivity (Wildman–Crippen MR) is 82.2 cm³/mol. The average Bonchev–Trinajstić information content (AvgIpc) is 2.56. The lowest BCUT2D eigenvalue weighted by Gasteiger charge is -2.18. The molecule has 4 nitrogen and oxygen atoms in total. The second-order valence-corrected chi connectivity index (χ2v) is 4.89. The van der Waals surface area contributed by atoms with Crippen LogP contribution < -0.4 is 4.74 Å². The molecule has 22 heavy (non-hydrogen) atoms. The first-order valence-corrected chi connectivity index (χ1v) is 7.02. The Hall–Kier alpha value is -2.80. The fourth-order valence-corrected chi connectivity index (χ4v) is 1.92. The molecule has 0 aliphatic rings. The second-order valence-electron chi connectivity index (χ2n) is 4.89. The Labute approximate surface area is 129 Å². The fraction of sp³-hybridized carbons (Fsp3) is 0.222. The zero-order valence-electron chi connectivity index (χ0n) is 12.5. The van der Waals surface area contributed by atoms with E-state index in [1.165, 1.54) is 0 Å². The Kier molecular flexibility index (Phi) is 5.16. The van der Waals surface area contributed by atoms with Gasteiger partial charge in [-0.1, -0.05) is 30.3 Å². The minimum absolute atomic E-state index is 0.333. The first-order chi connectivity index (χ1) is 10.6. The van der Waals surface area contributed by atoms with Gasteiger partial charge in [-0.15, -0.1) is 0 Å². The molecule has 0 aromatic heterocycles. The van der Waals surface area contributed by atoms with Crippen LogP contribution in [0.4, 0.5) is 0 Å². The zero-order chi connectivity index (χ0) is 15.9. The van der Waals surface area contributed by atoms with Gasteiger partial charge in [0.1, 0.15) is 11.9 Å². The summed E-state index contributed by atoms with van der Waals surface area (Å²) in [7, 11) is 0. The summed E-state index contributed by atoms with van der Waals surface area (Å²) in [6, 6.07) is 18.1. The van der Waals surface area contributed by atoms with Gasteiger partial charge in [0.05, 0.1) is 11.6 Å². The van der Waals surface area contributed by atoms with Crippen molar-refractivity contribution in [2.24, 2.45) is 0 Å². The molecule has 0 radical (unpaired) electrons. The van der Waals surface area contributed by atoms with Gasteiger partial charge in [-0.3, -0.25) is 0 Å². The molecule has 0 fully saturated rings. The van der Waals surface area contributed by atoms with E-state index in [1.807, 2.05) is 43.3 Å². The van der Waals surface area contributed by atoms with Crippen LogP contribution in [0.5, 0.6) is 5.75 Å². The van der Waals surface area contributed by atoms with Gasteiger partial charge in [0.15, 0.2) is 6.10 Å². The Bertz CT molecular complexity index is 659. The summed E-state index contributed by atoms with van der Waals surface area (Å²) < 4.78 is 10.9. The van der Waals surface area contributed by atoms with E-state index in [0.29, 0.717) is 11.3 Å². The van der Waals surface area contributed by atoms with E-state index in [9.17, 15) is 4.79 Å². The molecule has 2 aromatic carbocycles. The normalized spacial score (nSPS) is 12.8. The molecule has 0 aliphatic heterocycles. The van der Waals surface area contributed by atoms with Gasteiger partial charge >= 0.3 is 5.97 Å². The van der Waals surface area contributed by atoms with Gasteiger partial charge in [0.2, 0.25) is 0 Å². The summed E-state index contributed by atoms with van der Waals surface area (Å²) >= 11 is 0. The van der Waals surface area contributed by atoms with Crippen LogP contribution in [0.2, 0.25) is 0 Å². The van der Waals surface area contributed by atoms with Crippen molar-refractivity contribution in [1.29, 1.82) is 5.26 Å². The van der Waals surface area contributed by atoms with Crippen LogP contribution in [0, 0.1) is 11.3 Å². The molecule has 0 spiro atoms. The summed E-state index contributed by atoms with van der Waals surface area (Å²) in [4.78, 5) is 12.1. The zero-order valence-corrected chi connectivity index (χ0v) is 12.5. The Morgan fingerprint density at radius 2 is 1.68 bits per heavy atom. The van der Waals surface area contributed by atoms with Crippen LogP contribution >= 0.6 is 0 Å². The van der Waals surface area contributed by atoms with Gasteiger partial charge in [-0.25, -0.2) is 4.79 Å². The van der Waals surface area contributed by atoms with Crippen molar-refractivity contribution in [2.45, 2.75) is 26.1 Å². The Morgan fingerprint density at radius 1 is 1.05 bits per heavy atom. The summed E-state index contributed by atoms with van der Waals surface area (Å²) in [6.45, 7) is 3.46. The maximum absolute atomic E-state index is 12.1. The molecule has 0 aliphatic carbocycles. The molecule has 112 valence electrons. The summed E-state index contributed by atoms with van der Waals surface area (Å²) in [6.07, 6.45) is -1.06. The molecular formula is C18H17NO3. The molecule has 4 heteroatoms. The molecule has 2 atom stereocenters. The van der Waals surface area contributed by atoms with Crippen molar-refractivity contribution in [2.75, 3.05) is 0 Å². The summed E-state index contributed by atoms with van der Waals surface area (Å²) in [5.74, 6) is 0.0940. The molecule has 0 saturated carbocycles. The number of hydrogen-bond acceptors (Lipinski definition) is 4.